The summed E-state index contributed by atoms with van der Waals surface area (Å²) in [6.07, 6.45) is 7.67. The van der Waals surface area contributed by atoms with Gasteiger partial charge in [-0.05, 0) is 39.5 Å². The van der Waals surface area contributed by atoms with Gasteiger partial charge in [-0.2, -0.15) is 0 Å². The first-order chi connectivity index (χ1) is 12.0. The Kier molecular flexibility index (Phi) is 6.10. The van der Waals surface area contributed by atoms with Gasteiger partial charge in [-0.15, -0.1) is 11.3 Å². The topological polar surface area (TPSA) is 62.3 Å². The molecule has 0 aromatic carbocycles. The minimum absolute atomic E-state index is 0.0392. The molecule has 138 valence electrons. The van der Waals surface area contributed by atoms with E-state index in [9.17, 15) is 9.59 Å². The first-order valence-corrected chi connectivity index (χ1v) is 10.4. The SMILES string of the molecule is Cc1nc(CCCNC(=O)C2CCC(=O)N(C3CCCC3)C2)sc1C. The molecule has 1 atom stereocenters. The van der Waals surface area contributed by atoms with Crippen molar-refractivity contribution in [1.29, 1.82) is 0 Å². The number of hydrogen-bond acceptors (Lipinski definition) is 4. The number of piperidine rings is 1. The van der Waals surface area contributed by atoms with Crippen LogP contribution in [0.3, 0.4) is 0 Å². The second-order valence-corrected chi connectivity index (χ2v) is 8.65. The van der Waals surface area contributed by atoms with E-state index in [1.165, 1.54) is 17.7 Å². The summed E-state index contributed by atoms with van der Waals surface area (Å²) in [5.74, 6) is 0.315. The van der Waals surface area contributed by atoms with Crippen LogP contribution in [0, 0.1) is 19.8 Å². The van der Waals surface area contributed by atoms with Crippen molar-refractivity contribution in [1.82, 2.24) is 15.2 Å². The van der Waals surface area contributed by atoms with Gasteiger partial charge < -0.3 is 10.2 Å². The zero-order valence-electron chi connectivity index (χ0n) is 15.3. The van der Waals surface area contributed by atoms with E-state index < -0.39 is 0 Å². The van der Waals surface area contributed by atoms with Crippen LogP contribution in [0.4, 0.5) is 0 Å². The maximum Gasteiger partial charge on any atom is 0.224 e. The molecule has 1 N–H and O–H groups in total. The Morgan fingerprint density at radius 1 is 1.28 bits per heavy atom. The summed E-state index contributed by atoms with van der Waals surface area (Å²) in [6, 6.07) is 0.375. The van der Waals surface area contributed by atoms with Crippen LogP contribution in [0.5, 0.6) is 0 Å². The molecule has 1 unspecified atom stereocenters. The minimum atomic E-state index is -0.0392. The van der Waals surface area contributed by atoms with Crippen molar-refractivity contribution < 1.29 is 9.59 Å². The summed E-state index contributed by atoms with van der Waals surface area (Å²) < 4.78 is 0. The highest BCUT2D eigenvalue weighted by atomic mass is 32.1. The average Bonchev–Trinajstić information content (AvgIpc) is 3.22. The first-order valence-electron chi connectivity index (χ1n) is 9.54. The van der Waals surface area contributed by atoms with E-state index >= 15 is 0 Å². The zero-order chi connectivity index (χ0) is 17.8. The average molecular weight is 364 g/mol. The van der Waals surface area contributed by atoms with Crippen LogP contribution in [0.25, 0.3) is 0 Å². The summed E-state index contributed by atoms with van der Waals surface area (Å²) in [4.78, 5) is 32.5. The fourth-order valence-electron chi connectivity index (χ4n) is 3.90. The van der Waals surface area contributed by atoms with Gasteiger partial charge in [0.05, 0.1) is 16.6 Å². The molecule has 5 nitrogen and oxygen atoms in total. The molecule has 2 fully saturated rings. The highest BCUT2D eigenvalue weighted by Gasteiger charge is 2.34. The number of nitrogens with zero attached hydrogens (tertiary/aromatic N) is 2. The van der Waals surface area contributed by atoms with Gasteiger partial charge in [0.25, 0.3) is 0 Å². The maximum atomic E-state index is 12.5. The molecule has 0 bridgehead atoms. The van der Waals surface area contributed by atoms with Gasteiger partial charge in [-0.1, -0.05) is 12.8 Å². The summed E-state index contributed by atoms with van der Waals surface area (Å²) in [5.41, 5.74) is 1.11. The number of carbonyl (C=O) groups excluding carboxylic acids is 2. The Labute approximate surface area is 154 Å². The number of rotatable bonds is 6. The van der Waals surface area contributed by atoms with E-state index in [-0.39, 0.29) is 17.7 Å². The van der Waals surface area contributed by atoms with E-state index in [1.54, 1.807) is 11.3 Å². The van der Waals surface area contributed by atoms with Crippen molar-refractivity contribution in [2.45, 2.75) is 71.3 Å². The predicted octanol–water partition coefficient (Wildman–Crippen LogP) is 2.99. The minimum Gasteiger partial charge on any atom is -0.356 e. The number of likely N-dealkylation sites (tertiary alicyclic amines) is 1. The van der Waals surface area contributed by atoms with Crippen molar-refractivity contribution in [3.63, 3.8) is 0 Å². The molecule has 1 saturated carbocycles. The zero-order valence-corrected chi connectivity index (χ0v) is 16.2. The predicted molar refractivity (Wildman–Crippen MR) is 99.6 cm³/mol. The quantitative estimate of drug-likeness (QED) is 0.790. The molecular formula is C19H29N3O2S. The lowest BCUT2D eigenvalue weighted by Gasteiger charge is -2.36. The third-order valence-corrected chi connectivity index (χ3v) is 6.65. The molecule has 1 aliphatic heterocycles. The van der Waals surface area contributed by atoms with Crippen LogP contribution in [-0.4, -0.2) is 40.8 Å². The summed E-state index contributed by atoms with van der Waals surface area (Å²) in [6.45, 7) is 5.43. The number of carbonyl (C=O) groups is 2. The summed E-state index contributed by atoms with van der Waals surface area (Å²) in [7, 11) is 0. The van der Waals surface area contributed by atoms with E-state index in [0.29, 0.717) is 32.0 Å². The van der Waals surface area contributed by atoms with Crippen molar-refractivity contribution in [3.05, 3.63) is 15.6 Å². The first kappa shape index (κ1) is 18.4. The Balaban J connectivity index is 1.42. The van der Waals surface area contributed by atoms with Crippen molar-refractivity contribution in [3.8, 4) is 0 Å². The van der Waals surface area contributed by atoms with Crippen LogP contribution in [0.1, 0.15) is 60.5 Å². The lowest BCUT2D eigenvalue weighted by Crippen LogP contribution is -2.49. The monoisotopic (exact) mass is 363 g/mol. The van der Waals surface area contributed by atoms with Crippen LogP contribution >= 0.6 is 11.3 Å². The van der Waals surface area contributed by atoms with Crippen molar-refractivity contribution in [2.24, 2.45) is 5.92 Å². The van der Waals surface area contributed by atoms with Crippen molar-refractivity contribution in [2.75, 3.05) is 13.1 Å². The van der Waals surface area contributed by atoms with E-state index in [4.69, 9.17) is 0 Å². The Hall–Kier alpha value is -1.43. The number of nitrogens with one attached hydrogen (secondary N) is 1. The standard InChI is InChI=1S/C19H29N3O2S/c1-13-14(2)25-17(21-13)8-5-11-20-19(24)15-9-10-18(23)22(12-15)16-6-3-4-7-16/h15-16H,3-12H2,1-2H3,(H,20,24). The molecular weight excluding hydrogens is 334 g/mol. The fourth-order valence-corrected chi connectivity index (χ4v) is 4.87. The van der Waals surface area contributed by atoms with Gasteiger partial charge in [-0.25, -0.2) is 4.98 Å². The van der Waals surface area contributed by atoms with Crippen LogP contribution < -0.4 is 5.32 Å². The maximum absolute atomic E-state index is 12.5. The molecule has 6 heteroatoms. The summed E-state index contributed by atoms with van der Waals surface area (Å²) >= 11 is 1.75. The second kappa shape index (κ2) is 8.30. The number of hydrogen-bond donors (Lipinski definition) is 1. The fraction of sp³-hybridized carbons (Fsp3) is 0.737. The molecule has 25 heavy (non-hydrogen) atoms. The molecule has 2 aliphatic rings. The molecule has 3 rings (SSSR count). The second-order valence-electron chi connectivity index (χ2n) is 7.36. The Morgan fingerprint density at radius 2 is 2.04 bits per heavy atom. The molecule has 1 aromatic heterocycles. The molecule has 0 spiro atoms. The molecule has 0 radical (unpaired) electrons. The molecule has 1 aromatic rings. The molecule has 1 saturated heterocycles. The third kappa shape index (κ3) is 4.60. The van der Waals surface area contributed by atoms with Gasteiger partial charge in [0.1, 0.15) is 0 Å². The third-order valence-electron chi connectivity index (χ3n) is 5.52. The highest BCUT2D eigenvalue weighted by Crippen LogP contribution is 2.28. The molecule has 2 amide bonds. The van der Waals surface area contributed by atoms with Crippen LogP contribution in [-0.2, 0) is 16.0 Å². The highest BCUT2D eigenvalue weighted by molar-refractivity contribution is 7.11. The Bertz CT molecular complexity index is 603. The number of thiazole rings is 1. The van der Waals surface area contributed by atoms with Gasteiger partial charge in [0.2, 0.25) is 11.8 Å². The largest absolute Gasteiger partial charge is 0.356 e. The van der Waals surface area contributed by atoms with Gasteiger partial charge in [-0.3, -0.25) is 9.59 Å². The normalized spacial score (nSPS) is 21.8. The van der Waals surface area contributed by atoms with Crippen molar-refractivity contribution >= 4 is 23.2 Å². The smallest absolute Gasteiger partial charge is 0.224 e. The lowest BCUT2D eigenvalue weighted by molar-refractivity contribution is -0.140. The molecule has 1 aliphatic carbocycles. The van der Waals surface area contributed by atoms with E-state index in [1.807, 2.05) is 11.8 Å². The van der Waals surface area contributed by atoms with Crippen LogP contribution in [0.15, 0.2) is 0 Å². The van der Waals surface area contributed by atoms with Gasteiger partial charge in [0, 0.05) is 36.9 Å². The molecule has 2 heterocycles. The number of amides is 2. The van der Waals surface area contributed by atoms with E-state index in [0.717, 1.165) is 36.4 Å². The Morgan fingerprint density at radius 3 is 2.72 bits per heavy atom. The van der Waals surface area contributed by atoms with E-state index in [2.05, 4.69) is 17.2 Å². The number of aryl methyl sites for hydroxylation is 3. The summed E-state index contributed by atoms with van der Waals surface area (Å²) in [5, 5.41) is 4.22. The van der Waals surface area contributed by atoms with Gasteiger partial charge in [0.15, 0.2) is 0 Å². The van der Waals surface area contributed by atoms with Crippen LogP contribution in [0.2, 0.25) is 0 Å². The number of aromatic nitrogens is 1. The lowest BCUT2D eigenvalue weighted by atomic mass is 9.95. The van der Waals surface area contributed by atoms with Gasteiger partial charge >= 0.3 is 0 Å².